The number of benzene rings is 1. The summed E-state index contributed by atoms with van der Waals surface area (Å²) < 4.78 is 4.12. The van der Waals surface area contributed by atoms with Gasteiger partial charge in [-0.05, 0) is 24.3 Å². The molecule has 20 heavy (non-hydrogen) atoms. The van der Waals surface area contributed by atoms with Gasteiger partial charge >= 0.3 is 0 Å². The van der Waals surface area contributed by atoms with E-state index >= 15 is 0 Å². The minimum atomic E-state index is -0.0993. The minimum Gasteiger partial charge on any atom is -0.388 e. The van der Waals surface area contributed by atoms with E-state index in [0.717, 1.165) is 13.1 Å². The van der Waals surface area contributed by atoms with Crippen LogP contribution in [0.15, 0.2) is 30.3 Å². The van der Waals surface area contributed by atoms with Crippen molar-refractivity contribution in [2.45, 2.75) is 26.7 Å². The molecule has 1 aromatic heterocycles. The van der Waals surface area contributed by atoms with E-state index in [-0.39, 0.29) is 6.61 Å². The Morgan fingerprint density at radius 3 is 2.55 bits per heavy atom. The number of aromatic nitrogens is 3. The summed E-state index contributed by atoms with van der Waals surface area (Å²) in [5.74, 6) is 0.589. The maximum Gasteiger partial charge on any atom is 0.198 e. The van der Waals surface area contributed by atoms with Crippen LogP contribution in [-0.4, -0.2) is 30.9 Å². The molecule has 0 saturated carbocycles. The van der Waals surface area contributed by atoms with E-state index < -0.39 is 0 Å². The Labute approximate surface area is 124 Å². The molecular formula is C14H20N4OS. The summed E-state index contributed by atoms with van der Waals surface area (Å²) in [6, 6.07) is 10.3. The van der Waals surface area contributed by atoms with Crippen LogP contribution in [0.3, 0.4) is 0 Å². The lowest BCUT2D eigenvalue weighted by atomic mass is 10.2. The van der Waals surface area contributed by atoms with Gasteiger partial charge in [0.25, 0.3) is 0 Å². The first kappa shape index (κ1) is 14.9. The van der Waals surface area contributed by atoms with Gasteiger partial charge in [-0.3, -0.25) is 4.90 Å². The van der Waals surface area contributed by atoms with Gasteiger partial charge in [0.2, 0.25) is 0 Å². The topological polar surface area (TPSA) is 46.2 Å². The minimum absolute atomic E-state index is 0.0993. The van der Waals surface area contributed by atoms with Gasteiger partial charge in [0.15, 0.2) is 10.6 Å². The van der Waals surface area contributed by atoms with Crippen LogP contribution in [0, 0.1) is 4.77 Å². The fourth-order valence-corrected chi connectivity index (χ4v) is 2.26. The molecule has 0 radical (unpaired) electrons. The molecule has 0 bridgehead atoms. The van der Waals surface area contributed by atoms with Crippen molar-refractivity contribution in [3.05, 3.63) is 46.5 Å². The van der Waals surface area contributed by atoms with Gasteiger partial charge < -0.3 is 9.67 Å². The monoisotopic (exact) mass is 292 g/mol. The predicted molar refractivity (Wildman–Crippen MR) is 80.5 cm³/mol. The van der Waals surface area contributed by atoms with Gasteiger partial charge in [-0.1, -0.05) is 37.3 Å². The fourth-order valence-electron chi connectivity index (χ4n) is 2.06. The molecule has 1 heterocycles. The summed E-state index contributed by atoms with van der Waals surface area (Å²) in [5.41, 5.74) is 1.26. The molecule has 0 atom stereocenters. The van der Waals surface area contributed by atoms with Crippen LogP contribution >= 0.6 is 12.2 Å². The van der Waals surface area contributed by atoms with E-state index in [0.29, 0.717) is 17.3 Å². The van der Waals surface area contributed by atoms with E-state index in [9.17, 15) is 5.11 Å². The molecule has 0 aliphatic carbocycles. The summed E-state index contributed by atoms with van der Waals surface area (Å²) >= 11 is 5.34. The normalized spacial score (nSPS) is 11.2. The van der Waals surface area contributed by atoms with E-state index in [2.05, 4.69) is 29.1 Å². The first-order valence-corrected chi connectivity index (χ1v) is 7.06. The molecule has 0 fully saturated rings. The number of aliphatic hydroxyl groups is 1. The Hall–Kier alpha value is -1.50. The number of nitrogens with zero attached hydrogens (tertiary/aromatic N) is 4. The van der Waals surface area contributed by atoms with Gasteiger partial charge in [0.05, 0.1) is 6.67 Å². The molecule has 2 rings (SSSR count). The SMILES string of the molecule is CCN(Cc1ccccc1)Cn1nc(CO)n(C)c1=S. The largest absolute Gasteiger partial charge is 0.388 e. The van der Waals surface area contributed by atoms with Crippen LogP contribution < -0.4 is 0 Å². The highest BCUT2D eigenvalue weighted by Gasteiger charge is 2.10. The third-order valence-corrected chi connectivity index (χ3v) is 3.79. The summed E-state index contributed by atoms with van der Waals surface area (Å²) in [6.45, 7) is 4.39. The second-order valence-electron chi connectivity index (χ2n) is 4.69. The van der Waals surface area contributed by atoms with Crippen molar-refractivity contribution < 1.29 is 5.11 Å². The van der Waals surface area contributed by atoms with Crippen LogP contribution in [0.1, 0.15) is 18.3 Å². The van der Waals surface area contributed by atoms with Gasteiger partial charge in [-0.25, -0.2) is 4.68 Å². The zero-order valence-corrected chi connectivity index (χ0v) is 12.7. The first-order valence-electron chi connectivity index (χ1n) is 6.65. The zero-order chi connectivity index (χ0) is 14.5. The highest BCUT2D eigenvalue weighted by molar-refractivity contribution is 7.71. The molecule has 1 N–H and O–H groups in total. The van der Waals surface area contributed by atoms with Crippen LogP contribution in [0.25, 0.3) is 0 Å². The third-order valence-electron chi connectivity index (χ3n) is 3.30. The second kappa shape index (κ2) is 6.78. The summed E-state index contributed by atoms with van der Waals surface area (Å²) in [5, 5.41) is 13.6. The molecule has 6 heteroatoms. The summed E-state index contributed by atoms with van der Waals surface area (Å²) in [4.78, 5) is 2.25. The average molecular weight is 292 g/mol. The van der Waals surface area contributed by atoms with Crippen molar-refractivity contribution in [1.82, 2.24) is 19.2 Å². The summed E-state index contributed by atoms with van der Waals surface area (Å²) in [7, 11) is 1.82. The highest BCUT2D eigenvalue weighted by atomic mass is 32.1. The van der Waals surface area contributed by atoms with E-state index in [1.165, 1.54) is 5.56 Å². The number of hydrogen-bond donors (Lipinski definition) is 1. The molecule has 0 saturated heterocycles. The van der Waals surface area contributed by atoms with Crippen LogP contribution in [0.5, 0.6) is 0 Å². The number of rotatable bonds is 6. The van der Waals surface area contributed by atoms with Gasteiger partial charge in [0, 0.05) is 13.6 Å². The maximum atomic E-state index is 9.23. The lowest BCUT2D eigenvalue weighted by Gasteiger charge is -2.20. The Kier molecular flexibility index (Phi) is 5.05. The standard InChI is InChI=1S/C14H20N4OS/c1-3-17(9-12-7-5-4-6-8-12)11-18-14(20)16(2)13(10-19)15-18/h4-8,19H,3,9-11H2,1-2H3. The van der Waals surface area contributed by atoms with Crippen molar-refractivity contribution in [3.8, 4) is 0 Å². The smallest absolute Gasteiger partial charge is 0.198 e. The molecule has 108 valence electrons. The van der Waals surface area contributed by atoms with Gasteiger partial charge in [-0.2, -0.15) is 5.10 Å². The Morgan fingerprint density at radius 1 is 1.30 bits per heavy atom. The molecule has 0 unspecified atom stereocenters. The van der Waals surface area contributed by atoms with E-state index in [1.54, 1.807) is 9.25 Å². The molecule has 0 amide bonds. The molecule has 0 aliphatic rings. The first-order chi connectivity index (χ1) is 9.65. The lowest BCUT2D eigenvalue weighted by molar-refractivity contribution is 0.205. The van der Waals surface area contributed by atoms with Gasteiger partial charge in [-0.15, -0.1) is 0 Å². The summed E-state index contributed by atoms with van der Waals surface area (Å²) in [6.07, 6.45) is 0. The number of aliphatic hydroxyl groups excluding tert-OH is 1. The fraction of sp³-hybridized carbons (Fsp3) is 0.429. The predicted octanol–water partition coefficient (Wildman–Crippen LogP) is 1.92. The molecular weight excluding hydrogens is 272 g/mol. The highest BCUT2D eigenvalue weighted by Crippen LogP contribution is 2.07. The molecule has 1 aromatic carbocycles. The van der Waals surface area contributed by atoms with Crippen molar-refractivity contribution in [1.29, 1.82) is 0 Å². The maximum absolute atomic E-state index is 9.23. The second-order valence-corrected chi connectivity index (χ2v) is 5.05. The third kappa shape index (κ3) is 3.33. The Morgan fingerprint density at radius 2 is 2.00 bits per heavy atom. The van der Waals surface area contributed by atoms with Crippen molar-refractivity contribution in [2.75, 3.05) is 6.54 Å². The molecule has 0 spiro atoms. The van der Waals surface area contributed by atoms with E-state index in [1.807, 2.05) is 25.2 Å². The van der Waals surface area contributed by atoms with Crippen molar-refractivity contribution in [2.24, 2.45) is 7.05 Å². The van der Waals surface area contributed by atoms with Crippen molar-refractivity contribution >= 4 is 12.2 Å². The molecule has 2 aromatic rings. The van der Waals surface area contributed by atoms with Crippen LogP contribution in [0.2, 0.25) is 0 Å². The van der Waals surface area contributed by atoms with Gasteiger partial charge in [0.1, 0.15) is 6.61 Å². The molecule has 5 nitrogen and oxygen atoms in total. The quantitative estimate of drug-likeness (QED) is 0.826. The van der Waals surface area contributed by atoms with Crippen LogP contribution in [-0.2, 0) is 26.9 Å². The lowest BCUT2D eigenvalue weighted by Crippen LogP contribution is -2.26. The average Bonchev–Trinajstić information content (AvgIpc) is 2.75. The van der Waals surface area contributed by atoms with Crippen LogP contribution in [0.4, 0.5) is 0 Å². The zero-order valence-electron chi connectivity index (χ0n) is 11.9. The Balaban J connectivity index is 2.13. The Bertz CT molecular complexity index is 605. The number of hydrogen-bond acceptors (Lipinski definition) is 4. The van der Waals surface area contributed by atoms with Crippen molar-refractivity contribution in [3.63, 3.8) is 0 Å². The van der Waals surface area contributed by atoms with E-state index in [4.69, 9.17) is 12.2 Å². The molecule has 0 aliphatic heterocycles.